The fourth-order valence-corrected chi connectivity index (χ4v) is 4.99. The van der Waals surface area contributed by atoms with Crippen molar-refractivity contribution in [3.05, 3.63) is 70.4 Å². The highest BCUT2D eigenvalue weighted by atomic mass is 32.1. The van der Waals surface area contributed by atoms with E-state index in [2.05, 4.69) is 5.32 Å². The van der Waals surface area contributed by atoms with E-state index in [1.54, 1.807) is 39.3 Å². The molecule has 2 aliphatic heterocycles. The van der Waals surface area contributed by atoms with Crippen LogP contribution < -0.4 is 10.2 Å². The highest BCUT2D eigenvalue weighted by Crippen LogP contribution is 2.31. The van der Waals surface area contributed by atoms with E-state index in [1.165, 1.54) is 0 Å². The summed E-state index contributed by atoms with van der Waals surface area (Å²) in [5.74, 6) is -0.597. The molecule has 3 amide bonds. The molecule has 1 aromatic heterocycles. The Morgan fingerprint density at radius 3 is 2.52 bits per heavy atom. The summed E-state index contributed by atoms with van der Waals surface area (Å²) in [6.07, 6.45) is 0. The number of piperazine rings is 1. The van der Waals surface area contributed by atoms with E-state index >= 15 is 0 Å². The Hall–Kier alpha value is -3.65. The van der Waals surface area contributed by atoms with E-state index in [-0.39, 0.29) is 24.3 Å². The molecule has 1 atom stereocenters. The number of carbonyl (C=O) groups is 3. The molecule has 2 aliphatic rings. The van der Waals surface area contributed by atoms with Gasteiger partial charge in [0.25, 0.3) is 11.8 Å². The second-order valence-electron chi connectivity index (χ2n) is 8.47. The highest BCUT2D eigenvalue weighted by Gasteiger charge is 2.40. The van der Waals surface area contributed by atoms with Gasteiger partial charge >= 0.3 is 0 Å². The molecule has 1 N–H and O–H groups in total. The third-order valence-electron chi connectivity index (χ3n) is 6.22. The number of anilines is 2. The summed E-state index contributed by atoms with van der Waals surface area (Å²) in [6, 6.07) is 14.2. The monoisotopic (exact) mass is 460 g/mol. The van der Waals surface area contributed by atoms with Crippen LogP contribution in [0.1, 0.15) is 20.7 Å². The molecule has 0 spiro atoms. The van der Waals surface area contributed by atoms with Crippen LogP contribution in [-0.2, 0) is 4.79 Å². The lowest BCUT2D eigenvalue weighted by atomic mass is 10.0. The molecule has 168 valence electrons. The smallest absolute Gasteiger partial charge is 0.256 e. The first-order chi connectivity index (χ1) is 15.9. The molecular weight excluding hydrogens is 436 g/mol. The van der Waals surface area contributed by atoms with Gasteiger partial charge in [0.1, 0.15) is 6.04 Å². The molecule has 3 aromatic rings. The Morgan fingerprint density at radius 1 is 1.03 bits per heavy atom. The van der Waals surface area contributed by atoms with Gasteiger partial charge in [-0.3, -0.25) is 14.4 Å². The summed E-state index contributed by atoms with van der Waals surface area (Å²) in [6.45, 7) is 0.848. The third kappa shape index (κ3) is 3.87. The molecular formula is C25H24N4O3S. The van der Waals surface area contributed by atoms with Crippen molar-refractivity contribution in [1.82, 2.24) is 9.80 Å². The first-order valence-electron chi connectivity index (χ1n) is 10.8. The van der Waals surface area contributed by atoms with Crippen LogP contribution in [0, 0.1) is 0 Å². The molecule has 8 heteroatoms. The van der Waals surface area contributed by atoms with E-state index in [1.807, 2.05) is 60.1 Å². The van der Waals surface area contributed by atoms with Crippen molar-refractivity contribution in [3.63, 3.8) is 0 Å². The van der Waals surface area contributed by atoms with E-state index in [0.29, 0.717) is 29.9 Å². The number of amides is 3. The van der Waals surface area contributed by atoms with E-state index in [9.17, 15) is 14.4 Å². The first-order valence-corrected chi connectivity index (χ1v) is 11.7. The molecule has 0 saturated carbocycles. The molecule has 3 heterocycles. The Kier molecular flexibility index (Phi) is 5.38. The number of hydrogen-bond acceptors (Lipinski definition) is 5. The van der Waals surface area contributed by atoms with Gasteiger partial charge in [-0.25, -0.2) is 0 Å². The molecule has 2 aromatic carbocycles. The molecule has 5 rings (SSSR count). The quantitative estimate of drug-likeness (QED) is 0.650. The average molecular weight is 461 g/mol. The predicted octanol–water partition coefficient (Wildman–Crippen LogP) is 3.40. The number of fused-ring (bicyclic) bond motifs is 2. The number of hydrogen-bond donors (Lipinski definition) is 1. The number of carbonyl (C=O) groups excluding carboxylic acids is 3. The third-order valence-corrected chi connectivity index (χ3v) is 6.91. The van der Waals surface area contributed by atoms with Crippen LogP contribution in [0.5, 0.6) is 0 Å². The van der Waals surface area contributed by atoms with Crippen LogP contribution in [0.2, 0.25) is 0 Å². The zero-order chi connectivity index (χ0) is 23.1. The summed E-state index contributed by atoms with van der Waals surface area (Å²) in [7, 11) is 3.89. The number of nitrogens with zero attached hydrogens (tertiary/aromatic N) is 3. The molecule has 7 nitrogen and oxygen atoms in total. The maximum atomic E-state index is 13.4. The molecule has 0 radical (unpaired) electrons. The maximum Gasteiger partial charge on any atom is 0.256 e. The first kappa shape index (κ1) is 21.2. The SMILES string of the molecule is CN(C)c1ccc(C(=O)N2CCN3C(=O)c4cc(-c5ccsc5)ccc4NC(=O)C3C2)cc1. The summed E-state index contributed by atoms with van der Waals surface area (Å²) in [5, 5.41) is 6.92. The van der Waals surface area contributed by atoms with Crippen LogP contribution in [-0.4, -0.2) is 67.3 Å². The molecule has 1 saturated heterocycles. The van der Waals surface area contributed by atoms with Gasteiger partial charge in [-0.05, 0) is 64.4 Å². The highest BCUT2D eigenvalue weighted by molar-refractivity contribution is 7.08. The molecule has 1 unspecified atom stereocenters. The van der Waals surface area contributed by atoms with Crippen LogP contribution in [0.4, 0.5) is 11.4 Å². The van der Waals surface area contributed by atoms with E-state index < -0.39 is 6.04 Å². The molecule has 0 aliphatic carbocycles. The normalized spacial score (nSPS) is 17.7. The Labute approximate surface area is 196 Å². The largest absolute Gasteiger partial charge is 0.378 e. The lowest BCUT2D eigenvalue weighted by molar-refractivity contribution is -0.121. The van der Waals surface area contributed by atoms with Gasteiger partial charge in [0, 0.05) is 38.4 Å². The van der Waals surface area contributed by atoms with Gasteiger partial charge in [0.05, 0.1) is 17.8 Å². The predicted molar refractivity (Wildman–Crippen MR) is 130 cm³/mol. The number of nitrogens with one attached hydrogen (secondary N) is 1. The van der Waals surface area contributed by atoms with Gasteiger partial charge in [-0.2, -0.15) is 11.3 Å². The van der Waals surface area contributed by atoms with Gasteiger partial charge < -0.3 is 20.0 Å². The van der Waals surface area contributed by atoms with Crippen LogP contribution in [0.3, 0.4) is 0 Å². The Balaban J connectivity index is 1.38. The summed E-state index contributed by atoms with van der Waals surface area (Å²) >= 11 is 1.59. The number of thiophene rings is 1. The second-order valence-corrected chi connectivity index (χ2v) is 9.25. The summed E-state index contributed by atoms with van der Waals surface area (Å²) in [5.41, 5.74) is 4.54. The van der Waals surface area contributed by atoms with Crippen molar-refractivity contribution in [3.8, 4) is 11.1 Å². The van der Waals surface area contributed by atoms with Crippen LogP contribution in [0.15, 0.2) is 59.3 Å². The van der Waals surface area contributed by atoms with Crippen molar-refractivity contribution >= 4 is 40.4 Å². The van der Waals surface area contributed by atoms with Crippen molar-refractivity contribution < 1.29 is 14.4 Å². The standard InChI is InChI=1S/C25H24N4O3S/c1-27(2)19-6-3-16(4-7-19)24(31)28-10-11-29-22(14-28)23(30)26-21-8-5-17(13-20(21)25(29)32)18-9-12-33-15-18/h3-9,12-13,15,22H,10-11,14H2,1-2H3,(H,26,30). The molecule has 33 heavy (non-hydrogen) atoms. The minimum Gasteiger partial charge on any atom is -0.378 e. The lowest BCUT2D eigenvalue weighted by Crippen LogP contribution is -2.59. The van der Waals surface area contributed by atoms with Gasteiger partial charge in [0.2, 0.25) is 5.91 Å². The zero-order valence-corrected chi connectivity index (χ0v) is 19.3. The van der Waals surface area contributed by atoms with Crippen LogP contribution >= 0.6 is 11.3 Å². The van der Waals surface area contributed by atoms with Crippen molar-refractivity contribution in [2.75, 3.05) is 43.9 Å². The minimum atomic E-state index is -0.728. The zero-order valence-electron chi connectivity index (χ0n) is 18.4. The fraction of sp³-hybridized carbons (Fsp3) is 0.240. The summed E-state index contributed by atoms with van der Waals surface area (Å²) < 4.78 is 0. The van der Waals surface area contributed by atoms with Crippen molar-refractivity contribution in [2.24, 2.45) is 0 Å². The van der Waals surface area contributed by atoms with Gasteiger partial charge in [-0.1, -0.05) is 6.07 Å². The van der Waals surface area contributed by atoms with Crippen molar-refractivity contribution in [2.45, 2.75) is 6.04 Å². The van der Waals surface area contributed by atoms with Gasteiger partial charge in [-0.15, -0.1) is 0 Å². The summed E-state index contributed by atoms with van der Waals surface area (Å²) in [4.78, 5) is 44.8. The Bertz CT molecular complexity index is 1220. The average Bonchev–Trinajstić information content (AvgIpc) is 3.35. The van der Waals surface area contributed by atoms with Crippen molar-refractivity contribution in [1.29, 1.82) is 0 Å². The molecule has 1 fully saturated rings. The van der Waals surface area contributed by atoms with Gasteiger partial charge in [0.15, 0.2) is 0 Å². The Morgan fingerprint density at radius 2 is 1.82 bits per heavy atom. The van der Waals surface area contributed by atoms with E-state index in [0.717, 1.165) is 16.8 Å². The van der Waals surface area contributed by atoms with Crippen LogP contribution in [0.25, 0.3) is 11.1 Å². The fourth-order valence-electron chi connectivity index (χ4n) is 4.33. The van der Waals surface area contributed by atoms with E-state index in [4.69, 9.17) is 0 Å². The maximum absolute atomic E-state index is 13.4. The topological polar surface area (TPSA) is 73.0 Å². The molecule has 0 bridgehead atoms. The minimum absolute atomic E-state index is 0.137. The second kappa shape index (κ2) is 8.37. The lowest BCUT2D eigenvalue weighted by Gasteiger charge is -2.39. The number of benzene rings is 2. The number of rotatable bonds is 3.